The third kappa shape index (κ3) is 6.61. The van der Waals surface area contributed by atoms with Crippen LogP contribution < -0.4 is 33.8 Å². The first-order valence-electron chi connectivity index (χ1n) is 16.4. The minimum Gasteiger partial charge on any atom is -0.490 e. The molecule has 0 radical (unpaired) electrons. The van der Waals surface area contributed by atoms with E-state index in [4.69, 9.17) is 33.4 Å². The second kappa shape index (κ2) is 14.6. The van der Waals surface area contributed by atoms with Crippen LogP contribution in [0.15, 0.2) is 82.1 Å². The second-order valence-corrected chi connectivity index (χ2v) is 12.5. The lowest BCUT2D eigenvalue weighted by atomic mass is 9.93. The summed E-state index contributed by atoms with van der Waals surface area (Å²) in [6.45, 7) is 6.12. The molecule has 1 atom stereocenters. The van der Waals surface area contributed by atoms with E-state index in [0.29, 0.717) is 87.6 Å². The van der Waals surface area contributed by atoms with Crippen LogP contribution in [0.2, 0.25) is 0 Å². The Kier molecular flexibility index (Phi) is 9.67. The van der Waals surface area contributed by atoms with Gasteiger partial charge in [0.1, 0.15) is 0 Å². The van der Waals surface area contributed by atoms with Gasteiger partial charge in [-0.1, -0.05) is 53.8 Å². The van der Waals surface area contributed by atoms with Gasteiger partial charge < -0.3 is 33.3 Å². The molecular weight excluding hydrogens is 662 g/mol. The molecule has 3 aliphatic heterocycles. The molecule has 0 spiro atoms. The van der Waals surface area contributed by atoms with Crippen LogP contribution in [-0.2, 0) is 19.1 Å². The van der Waals surface area contributed by atoms with Gasteiger partial charge in [0, 0.05) is 18.7 Å². The molecule has 3 aliphatic rings. The second-order valence-electron chi connectivity index (χ2n) is 11.5. The fraction of sp³-hybridized carbons (Fsp3) is 0.297. The molecule has 0 aliphatic carbocycles. The normalized spacial score (nSPS) is 16.9. The zero-order valence-electron chi connectivity index (χ0n) is 27.6. The molecule has 258 valence electrons. The summed E-state index contributed by atoms with van der Waals surface area (Å²) in [7, 11) is 0. The molecule has 0 unspecified atom stereocenters. The van der Waals surface area contributed by atoms with Gasteiger partial charge in [-0.2, -0.15) is 0 Å². The van der Waals surface area contributed by atoms with Crippen molar-refractivity contribution in [2.75, 3.05) is 52.9 Å². The van der Waals surface area contributed by atoms with Crippen molar-refractivity contribution in [3.8, 4) is 23.0 Å². The Hall–Kier alpha value is -5.40. The summed E-state index contributed by atoms with van der Waals surface area (Å²) in [4.78, 5) is 47.8. The fourth-order valence-electron chi connectivity index (χ4n) is 6.04. The molecule has 0 bridgehead atoms. The van der Waals surface area contributed by atoms with Crippen molar-refractivity contribution in [1.82, 2.24) is 9.47 Å². The molecule has 50 heavy (non-hydrogen) atoms. The van der Waals surface area contributed by atoms with Gasteiger partial charge in [0.05, 0.1) is 48.3 Å². The highest BCUT2D eigenvalue weighted by Crippen LogP contribution is 2.40. The molecule has 1 amide bonds. The largest absolute Gasteiger partial charge is 0.490 e. The molecule has 1 aromatic heterocycles. The Morgan fingerprint density at radius 1 is 0.940 bits per heavy atom. The van der Waals surface area contributed by atoms with Crippen LogP contribution >= 0.6 is 11.3 Å². The molecule has 0 N–H and O–H groups in total. The maximum atomic E-state index is 14.4. The third-order valence-corrected chi connectivity index (χ3v) is 9.35. The van der Waals surface area contributed by atoms with Crippen LogP contribution in [0.4, 0.5) is 0 Å². The zero-order chi connectivity index (χ0) is 34.6. The number of morpholine rings is 1. The van der Waals surface area contributed by atoms with Crippen molar-refractivity contribution in [1.29, 1.82) is 0 Å². The predicted molar refractivity (Wildman–Crippen MR) is 184 cm³/mol. The summed E-state index contributed by atoms with van der Waals surface area (Å²) in [5.41, 5.74) is 2.36. The molecule has 4 heterocycles. The minimum atomic E-state index is -0.865. The highest BCUT2D eigenvalue weighted by molar-refractivity contribution is 7.07. The number of nitrogens with zero attached hydrogens (tertiary/aromatic N) is 3. The number of ether oxygens (including phenoxy) is 6. The Morgan fingerprint density at radius 3 is 2.52 bits per heavy atom. The highest BCUT2D eigenvalue weighted by atomic mass is 32.1. The highest BCUT2D eigenvalue weighted by Gasteiger charge is 2.36. The summed E-state index contributed by atoms with van der Waals surface area (Å²) in [5.74, 6) is 1.25. The van der Waals surface area contributed by atoms with Crippen molar-refractivity contribution in [3.63, 3.8) is 0 Å². The number of carbonyl (C=O) groups is 2. The predicted octanol–water partition coefficient (Wildman–Crippen LogP) is 3.30. The summed E-state index contributed by atoms with van der Waals surface area (Å²) in [6.07, 6.45) is 1.75. The SMILES string of the molecule is CCOC(=O)C1=C(c2ccccc2)N=c2s/c(=C/c3ccc(OCC(=O)N4CCOCC4)c(OCC)c3)c(=O)n2[C@@H]1c1ccc2c(c1)OCO2. The molecule has 1 fully saturated rings. The van der Waals surface area contributed by atoms with E-state index in [1.54, 1.807) is 48.2 Å². The maximum absolute atomic E-state index is 14.4. The van der Waals surface area contributed by atoms with Crippen molar-refractivity contribution < 1.29 is 38.0 Å². The standard InChI is InChI=1S/C37H35N3O9S/c1-3-45-28-18-23(10-12-26(28)47-21-31(41)39-14-16-44-17-15-39)19-30-35(42)40-34(25-11-13-27-29(20-25)49-22-48-27)32(36(43)46-4-2)33(38-37(40)50-30)24-8-6-5-7-9-24/h5-13,18-20,34H,3-4,14-17,21-22H2,1-2H3/b30-19+/t34-/m1/s1. The van der Waals surface area contributed by atoms with Gasteiger partial charge in [0.2, 0.25) is 6.79 Å². The number of carbonyl (C=O) groups excluding carboxylic acids is 2. The quantitative estimate of drug-likeness (QED) is 0.230. The van der Waals surface area contributed by atoms with Gasteiger partial charge in [0.25, 0.3) is 11.5 Å². The van der Waals surface area contributed by atoms with E-state index in [1.165, 1.54) is 15.9 Å². The van der Waals surface area contributed by atoms with Crippen LogP contribution in [0.25, 0.3) is 11.8 Å². The summed E-state index contributed by atoms with van der Waals surface area (Å²) in [6, 6.07) is 19.2. The van der Waals surface area contributed by atoms with Crippen LogP contribution in [0, 0.1) is 0 Å². The van der Waals surface area contributed by atoms with E-state index in [2.05, 4.69) is 0 Å². The van der Waals surface area contributed by atoms with Gasteiger partial charge in [-0.15, -0.1) is 0 Å². The van der Waals surface area contributed by atoms with E-state index in [-0.39, 0.29) is 37.0 Å². The van der Waals surface area contributed by atoms with E-state index in [0.717, 1.165) is 0 Å². The molecule has 1 saturated heterocycles. The van der Waals surface area contributed by atoms with Crippen LogP contribution in [0.5, 0.6) is 23.0 Å². The number of hydrogen-bond donors (Lipinski definition) is 0. The number of hydrogen-bond acceptors (Lipinski definition) is 11. The average molecular weight is 698 g/mol. The van der Waals surface area contributed by atoms with Gasteiger partial charge in [-0.3, -0.25) is 14.2 Å². The molecule has 0 saturated carbocycles. The molecule has 7 rings (SSSR count). The van der Waals surface area contributed by atoms with Crippen molar-refractivity contribution in [2.45, 2.75) is 19.9 Å². The Labute approximate surface area is 291 Å². The third-order valence-electron chi connectivity index (χ3n) is 8.37. The first kappa shape index (κ1) is 33.1. The number of aromatic nitrogens is 1. The molecular formula is C37H35N3O9S. The lowest BCUT2D eigenvalue weighted by molar-refractivity contribution is -0.139. The number of amides is 1. The van der Waals surface area contributed by atoms with E-state index in [9.17, 15) is 14.4 Å². The number of fused-ring (bicyclic) bond motifs is 2. The van der Waals surface area contributed by atoms with Gasteiger partial charge >= 0.3 is 5.97 Å². The van der Waals surface area contributed by atoms with Crippen molar-refractivity contribution in [3.05, 3.63) is 109 Å². The molecule has 12 nitrogen and oxygen atoms in total. The molecule has 4 aromatic rings. The lowest BCUT2D eigenvalue weighted by Crippen LogP contribution is -2.43. The van der Waals surface area contributed by atoms with Gasteiger partial charge in [0.15, 0.2) is 34.4 Å². The van der Waals surface area contributed by atoms with Crippen LogP contribution in [0.3, 0.4) is 0 Å². The lowest BCUT2D eigenvalue weighted by Gasteiger charge is -2.26. The Balaban J connectivity index is 1.31. The first-order valence-corrected chi connectivity index (χ1v) is 17.2. The summed E-state index contributed by atoms with van der Waals surface area (Å²) in [5, 5.41) is 0. The number of esters is 1. The van der Waals surface area contributed by atoms with Crippen LogP contribution in [0.1, 0.15) is 36.6 Å². The Bertz CT molecular complexity index is 2130. The smallest absolute Gasteiger partial charge is 0.338 e. The Morgan fingerprint density at radius 2 is 1.74 bits per heavy atom. The minimum absolute atomic E-state index is 0.0785. The number of rotatable bonds is 10. The first-order chi connectivity index (χ1) is 24.4. The maximum Gasteiger partial charge on any atom is 0.338 e. The topological polar surface area (TPSA) is 127 Å². The zero-order valence-corrected chi connectivity index (χ0v) is 28.4. The number of benzene rings is 3. The summed E-state index contributed by atoms with van der Waals surface area (Å²) < 4.78 is 35.8. The van der Waals surface area contributed by atoms with Crippen molar-refractivity contribution >= 4 is 35.0 Å². The summed E-state index contributed by atoms with van der Waals surface area (Å²) >= 11 is 1.21. The number of thiazole rings is 1. The van der Waals surface area contributed by atoms with Crippen molar-refractivity contribution in [2.24, 2.45) is 4.99 Å². The van der Waals surface area contributed by atoms with E-state index >= 15 is 0 Å². The van der Waals surface area contributed by atoms with Gasteiger partial charge in [-0.25, -0.2) is 9.79 Å². The van der Waals surface area contributed by atoms with E-state index < -0.39 is 12.0 Å². The molecule has 13 heteroatoms. The average Bonchev–Trinajstić information content (AvgIpc) is 3.74. The fourth-order valence-corrected chi connectivity index (χ4v) is 7.04. The van der Waals surface area contributed by atoms with Crippen LogP contribution in [-0.4, -0.2) is 74.3 Å². The van der Waals surface area contributed by atoms with E-state index in [1.807, 2.05) is 43.3 Å². The monoisotopic (exact) mass is 697 g/mol. The van der Waals surface area contributed by atoms with Gasteiger partial charge in [-0.05, 0) is 55.3 Å². The molecule has 3 aromatic carbocycles.